The summed E-state index contributed by atoms with van der Waals surface area (Å²) in [5.41, 5.74) is 9.19. The van der Waals surface area contributed by atoms with Crippen LogP contribution in [0.15, 0.2) is 53.7 Å². The lowest BCUT2D eigenvalue weighted by Gasteiger charge is -2.15. The van der Waals surface area contributed by atoms with Crippen LogP contribution >= 0.6 is 24.0 Å². The van der Waals surface area contributed by atoms with Gasteiger partial charge in [-0.1, -0.05) is 30.3 Å². The number of amides is 1. The Kier molecular flexibility index (Phi) is 8.50. The van der Waals surface area contributed by atoms with Crippen molar-refractivity contribution in [3.05, 3.63) is 65.5 Å². The van der Waals surface area contributed by atoms with Crippen molar-refractivity contribution in [3.63, 3.8) is 0 Å². The minimum Gasteiger partial charge on any atom is -0.370 e. The first-order valence-electron chi connectivity index (χ1n) is 9.00. The van der Waals surface area contributed by atoms with Crippen LogP contribution in [-0.2, 0) is 24.3 Å². The van der Waals surface area contributed by atoms with Gasteiger partial charge in [0.2, 0.25) is 5.91 Å². The van der Waals surface area contributed by atoms with Gasteiger partial charge in [0.15, 0.2) is 5.96 Å². The maximum absolute atomic E-state index is 11.8. The number of rotatable bonds is 7. The zero-order valence-corrected chi connectivity index (χ0v) is 17.6. The molecule has 1 saturated heterocycles. The molecule has 1 fully saturated rings. The van der Waals surface area contributed by atoms with E-state index in [0.29, 0.717) is 32.0 Å². The van der Waals surface area contributed by atoms with Crippen LogP contribution in [0.2, 0.25) is 0 Å². The fraction of sp³-hybridized carbons (Fsp3) is 0.350. The molecular formula is C20H26IN5O. The number of likely N-dealkylation sites (tertiary alicyclic amines) is 1. The zero-order chi connectivity index (χ0) is 18.2. The molecule has 7 heteroatoms. The molecule has 3 N–H and O–H groups in total. The third-order valence-electron chi connectivity index (χ3n) is 4.38. The highest BCUT2D eigenvalue weighted by atomic mass is 127. The van der Waals surface area contributed by atoms with E-state index in [1.54, 1.807) is 6.20 Å². The molecule has 0 unspecified atom stereocenters. The number of pyridine rings is 1. The molecule has 1 aliphatic rings. The second-order valence-electron chi connectivity index (χ2n) is 6.44. The SMILES string of the molecule is I.NC(=NCc1cccc(CN2CCCC2=O)c1)NCCc1ccccn1. The molecule has 0 saturated carbocycles. The van der Waals surface area contributed by atoms with Gasteiger partial charge in [0.25, 0.3) is 0 Å². The predicted octanol–water partition coefficient (Wildman–Crippen LogP) is 2.47. The Labute approximate surface area is 177 Å². The molecule has 6 nitrogen and oxygen atoms in total. The molecule has 1 aromatic carbocycles. The largest absolute Gasteiger partial charge is 0.370 e. The molecule has 0 bridgehead atoms. The van der Waals surface area contributed by atoms with Crippen LogP contribution in [0.3, 0.4) is 0 Å². The van der Waals surface area contributed by atoms with E-state index in [1.165, 1.54) is 0 Å². The molecule has 1 aromatic heterocycles. The normalized spacial score (nSPS) is 14.1. The van der Waals surface area contributed by atoms with Gasteiger partial charge in [-0.15, -0.1) is 24.0 Å². The Morgan fingerprint density at radius 1 is 1.22 bits per heavy atom. The van der Waals surface area contributed by atoms with E-state index >= 15 is 0 Å². The first-order valence-corrected chi connectivity index (χ1v) is 9.00. The van der Waals surface area contributed by atoms with Gasteiger partial charge < -0.3 is 16.0 Å². The van der Waals surface area contributed by atoms with Crippen molar-refractivity contribution in [2.45, 2.75) is 32.4 Å². The number of aliphatic imine (C=N–C) groups is 1. The third kappa shape index (κ3) is 6.82. The van der Waals surface area contributed by atoms with E-state index < -0.39 is 0 Å². The molecule has 2 heterocycles. The van der Waals surface area contributed by atoms with Gasteiger partial charge in [-0.05, 0) is 29.7 Å². The number of guanidine groups is 1. The van der Waals surface area contributed by atoms with Crippen molar-refractivity contribution in [1.29, 1.82) is 0 Å². The number of nitrogens with zero attached hydrogens (tertiary/aromatic N) is 3. The number of hydrogen-bond acceptors (Lipinski definition) is 3. The van der Waals surface area contributed by atoms with Gasteiger partial charge in [0.05, 0.1) is 6.54 Å². The minimum absolute atomic E-state index is 0. The summed E-state index contributed by atoms with van der Waals surface area (Å²) in [7, 11) is 0. The Bertz CT molecular complexity index is 766. The second-order valence-corrected chi connectivity index (χ2v) is 6.44. The van der Waals surface area contributed by atoms with E-state index in [-0.39, 0.29) is 29.9 Å². The van der Waals surface area contributed by atoms with Crippen molar-refractivity contribution in [2.75, 3.05) is 13.1 Å². The van der Waals surface area contributed by atoms with Crippen molar-refractivity contribution >= 4 is 35.8 Å². The standard InChI is InChI=1S/C20H25N5O.HI/c21-20(23-11-9-18-7-1-2-10-22-18)24-14-16-5-3-6-17(13-16)15-25-12-4-8-19(25)26;/h1-3,5-7,10,13H,4,8-9,11-12,14-15H2,(H3,21,23,24);1H. The first kappa shape index (κ1) is 21.1. The Morgan fingerprint density at radius 3 is 2.81 bits per heavy atom. The molecule has 2 aromatic rings. The minimum atomic E-state index is 0. The van der Waals surface area contributed by atoms with Crippen molar-refractivity contribution in [3.8, 4) is 0 Å². The van der Waals surface area contributed by atoms with Gasteiger partial charge in [-0.3, -0.25) is 9.78 Å². The average Bonchev–Trinajstić information content (AvgIpc) is 3.06. The molecule has 0 radical (unpaired) electrons. The summed E-state index contributed by atoms with van der Waals surface area (Å²) < 4.78 is 0. The van der Waals surface area contributed by atoms with E-state index in [4.69, 9.17) is 5.73 Å². The summed E-state index contributed by atoms with van der Waals surface area (Å²) in [6.07, 6.45) is 4.22. The highest BCUT2D eigenvalue weighted by Crippen LogP contribution is 2.15. The zero-order valence-electron chi connectivity index (χ0n) is 15.3. The summed E-state index contributed by atoms with van der Waals surface area (Å²) in [5.74, 6) is 0.677. The van der Waals surface area contributed by atoms with Gasteiger partial charge in [0, 0.05) is 44.4 Å². The summed E-state index contributed by atoms with van der Waals surface area (Å²) in [6.45, 7) is 2.75. The molecule has 1 amide bonds. The predicted molar refractivity (Wildman–Crippen MR) is 118 cm³/mol. The number of aromatic nitrogens is 1. The Morgan fingerprint density at radius 2 is 2.07 bits per heavy atom. The van der Waals surface area contributed by atoms with Crippen LogP contribution in [0.4, 0.5) is 0 Å². The number of nitrogens with one attached hydrogen (secondary N) is 1. The van der Waals surface area contributed by atoms with Gasteiger partial charge in [0.1, 0.15) is 0 Å². The molecule has 1 aliphatic heterocycles. The van der Waals surface area contributed by atoms with E-state index in [1.807, 2.05) is 41.3 Å². The van der Waals surface area contributed by atoms with Crippen LogP contribution in [0, 0.1) is 0 Å². The second kappa shape index (κ2) is 10.9. The van der Waals surface area contributed by atoms with Gasteiger partial charge >= 0.3 is 0 Å². The van der Waals surface area contributed by atoms with Crippen LogP contribution in [-0.4, -0.2) is 34.8 Å². The number of halogens is 1. The maximum atomic E-state index is 11.8. The number of carbonyl (C=O) groups is 1. The molecule has 0 spiro atoms. The van der Waals surface area contributed by atoms with Gasteiger partial charge in [-0.2, -0.15) is 0 Å². The van der Waals surface area contributed by atoms with Crippen molar-refractivity contribution in [1.82, 2.24) is 15.2 Å². The summed E-state index contributed by atoms with van der Waals surface area (Å²) >= 11 is 0. The third-order valence-corrected chi connectivity index (χ3v) is 4.38. The fourth-order valence-electron chi connectivity index (χ4n) is 3.01. The highest BCUT2D eigenvalue weighted by Gasteiger charge is 2.19. The lowest BCUT2D eigenvalue weighted by molar-refractivity contribution is -0.128. The molecule has 27 heavy (non-hydrogen) atoms. The summed E-state index contributed by atoms with van der Waals surface area (Å²) in [4.78, 5) is 22.3. The topological polar surface area (TPSA) is 83.6 Å². The number of benzene rings is 1. The molecular weight excluding hydrogens is 453 g/mol. The van der Waals surface area contributed by atoms with Crippen LogP contribution in [0.1, 0.15) is 29.7 Å². The monoisotopic (exact) mass is 479 g/mol. The molecule has 0 aliphatic carbocycles. The Hall–Kier alpha value is -2.16. The maximum Gasteiger partial charge on any atom is 0.222 e. The average molecular weight is 479 g/mol. The summed E-state index contributed by atoms with van der Waals surface area (Å²) in [6, 6.07) is 14.0. The van der Waals surface area contributed by atoms with Crippen LogP contribution in [0.5, 0.6) is 0 Å². The first-order chi connectivity index (χ1) is 12.7. The number of nitrogens with two attached hydrogens (primary N) is 1. The Balaban J connectivity index is 0.00000261. The molecule has 144 valence electrons. The van der Waals surface area contributed by atoms with Crippen molar-refractivity contribution in [2.24, 2.45) is 10.7 Å². The molecule has 3 rings (SSSR count). The quantitative estimate of drug-likeness (QED) is 0.363. The fourth-order valence-corrected chi connectivity index (χ4v) is 3.01. The van der Waals surface area contributed by atoms with Crippen LogP contribution in [0.25, 0.3) is 0 Å². The number of hydrogen-bond donors (Lipinski definition) is 2. The van der Waals surface area contributed by atoms with Crippen molar-refractivity contribution < 1.29 is 4.79 Å². The highest BCUT2D eigenvalue weighted by molar-refractivity contribution is 14.0. The lowest BCUT2D eigenvalue weighted by Crippen LogP contribution is -2.33. The van der Waals surface area contributed by atoms with E-state index in [2.05, 4.69) is 21.4 Å². The van der Waals surface area contributed by atoms with E-state index in [0.717, 1.165) is 36.2 Å². The van der Waals surface area contributed by atoms with Gasteiger partial charge in [-0.25, -0.2) is 4.99 Å². The summed E-state index contributed by atoms with van der Waals surface area (Å²) in [5, 5.41) is 3.12. The molecule has 0 atom stereocenters. The van der Waals surface area contributed by atoms with Crippen LogP contribution < -0.4 is 11.1 Å². The lowest BCUT2D eigenvalue weighted by atomic mass is 10.1. The van der Waals surface area contributed by atoms with E-state index in [9.17, 15) is 4.79 Å². The smallest absolute Gasteiger partial charge is 0.222 e. The number of carbonyl (C=O) groups excluding carboxylic acids is 1.